The van der Waals surface area contributed by atoms with Crippen LogP contribution in [0.4, 0.5) is 0 Å². The Hall–Kier alpha value is -1.72. The number of nitrogens with zero attached hydrogens (tertiary/aromatic N) is 2. The highest BCUT2D eigenvalue weighted by Crippen LogP contribution is 2.21. The quantitative estimate of drug-likeness (QED) is 0.836. The van der Waals surface area contributed by atoms with Gasteiger partial charge in [0.15, 0.2) is 0 Å². The maximum Gasteiger partial charge on any atom is 0.246 e. The first-order chi connectivity index (χ1) is 9.59. The van der Waals surface area contributed by atoms with Crippen molar-refractivity contribution >= 4 is 12.0 Å². The summed E-state index contributed by atoms with van der Waals surface area (Å²) in [5, 5.41) is 10.4. The topological polar surface area (TPSA) is 62.7 Å². The first-order valence-electron chi connectivity index (χ1n) is 6.72. The van der Waals surface area contributed by atoms with Crippen molar-refractivity contribution in [1.82, 2.24) is 9.88 Å². The highest BCUT2D eigenvalue weighted by molar-refractivity contribution is 5.91. The molecule has 0 unspecified atom stereocenters. The van der Waals surface area contributed by atoms with Gasteiger partial charge in [-0.05, 0) is 17.7 Å². The number of aliphatic hydroxyl groups is 1. The lowest BCUT2D eigenvalue weighted by molar-refractivity contribution is -0.131. The minimum atomic E-state index is -0.829. The molecule has 2 rings (SSSR count). The van der Waals surface area contributed by atoms with Gasteiger partial charge in [-0.25, -0.2) is 0 Å². The zero-order valence-corrected chi connectivity index (χ0v) is 11.7. The van der Waals surface area contributed by atoms with Crippen LogP contribution < -0.4 is 0 Å². The molecule has 0 atom stereocenters. The molecule has 5 heteroatoms. The molecule has 0 spiro atoms. The molecule has 1 aromatic rings. The molecule has 1 saturated heterocycles. The number of likely N-dealkylation sites (N-methyl/N-ethyl adjacent to an activating group) is 1. The van der Waals surface area contributed by atoms with E-state index in [1.54, 1.807) is 25.5 Å². The molecule has 1 aliphatic heterocycles. The summed E-state index contributed by atoms with van der Waals surface area (Å²) in [6, 6.07) is 3.70. The summed E-state index contributed by atoms with van der Waals surface area (Å²) in [5.74, 6) is -0.131. The summed E-state index contributed by atoms with van der Waals surface area (Å²) in [5.41, 5.74) is 0.0455. The zero-order chi connectivity index (χ0) is 14.4. The normalized spacial score (nSPS) is 18.1. The Kier molecular flexibility index (Phi) is 4.87. The van der Waals surface area contributed by atoms with E-state index in [0.29, 0.717) is 32.6 Å². The number of hydrogen-bond donors (Lipinski definition) is 1. The van der Waals surface area contributed by atoms with Gasteiger partial charge in [0.25, 0.3) is 0 Å². The van der Waals surface area contributed by atoms with Crippen LogP contribution >= 0.6 is 0 Å². The number of ether oxygens (including phenoxy) is 1. The third-order valence-electron chi connectivity index (χ3n) is 3.43. The van der Waals surface area contributed by atoms with Crippen LogP contribution in [0.5, 0.6) is 0 Å². The monoisotopic (exact) mass is 276 g/mol. The summed E-state index contributed by atoms with van der Waals surface area (Å²) >= 11 is 0. The fourth-order valence-electron chi connectivity index (χ4n) is 2.20. The Morgan fingerprint density at radius 2 is 2.30 bits per heavy atom. The number of carbonyl (C=O) groups excluding carboxylic acids is 1. The lowest BCUT2D eigenvalue weighted by Gasteiger charge is -2.35. The lowest BCUT2D eigenvalue weighted by atomic mass is 9.94. The Balaban J connectivity index is 1.90. The van der Waals surface area contributed by atoms with Crippen LogP contribution in [0.1, 0.15) is 18.4 Å². The van der Waals surface area contributed by atoms with Crippen molar-refractivity contribution in [3.8, 4) is 0 Å². The SMILES string of the molecule is CN(CC1(O)CCOCC1)C(=O)/C=C/c1cccnc1. The van der Waals surface area contributed by atoms with Crippen molar-refractivity contribution in [2.24, 2.45) is 0 Å². The van der Waals surface area contributed by atoms with Gasteiger partial charge in [0.05, 0.1) is 5.60 Å². The lowest BCUT2D eigenvalue weighted by Crippen LogP contribution is -2.47. The highest BCUT2D eigenvalue weighted by atomic mass is 16.5. The molecule has 0 radical (unpaired) electrons. The van der Waals surface area contributed by atoms with E-state index in [1.165, 1.54) is 11.0 Å². The molecular weight excluding hydrogens is 256 g/mol. The van der Waals surface area contributed by atoms with Crippen LogP contribution in [-0.4, -0.2) is 53.3 Å². The van der Waals surface area contributed by atoms with E-state index in [9.17, 15) is 9.90 Å². The predicted octanol–water partition coefficient (Wildman–Crippen LogP) is 1.09. The number of amides is 1. The number of pyridine rings is 1. The molecule has 20 heavy (non-hydrogen) atoms. The smallest absolute Gasteiger partial charge is 0.246 e. The molecule has 5 nitrogen and oxygen atoms in total. The molecule has 0 bridgehead atoms. The number of carbonyl (C=O) groups is 1. The van der Waals surface area contributed by atoms with Gasteiger partial charge in [0.1, 0.15) is 0 Å². The van der Waals surface area contributed by atoms with Crippen molar-refractivity contribution < 1.29 is 14.6 Å². The van der Waals surface area contributed by atoms with Crippen LogP contribution in [0.2, 0.25) is 0 Å². The molecule has 0 saturated carbocycles. The van der Waals surface area contributed by atoms with Crippen LogP contribution in [0, 0.1) is 0 Å². The Bertz CT molecular complexity index is 467. The maximum atomic E-state index is 12.0. The van der Waals surface area contributed by atoms with Gasteiger partial charge >= 0.3 is 0 Å². The minimum absolute atomic E-state index is 0.131. The molecule has 1 N–H and O–H groups in total. The number of hydrogen-bond acceptors (Lipinski definition) is 4. The Morgan fingerprint density at radius 3 is 2.95 bits per heavy atom. The van der Waals surface area contributed by atoms with E-state index >= 15 is 0 Å². The summed E-state index contributed by atoms with van der Waals surface area (Å²) in [6.45, 7) is 1.42. The summed E-state index contributed by atoms with van der Waals surface area (Å²) < 4.78 is 5.23. The largest absolute Gasteiger partial charge is 0.388 e. The molecule has 1 amide bonds. The number of rotatable bonds is 4. The molecule has 1 aliphatic rings. The van der Waals surface area contributed by atoms with Gasteiger partial charge in [-0.15, -0.1) is 0 Å². The molecule has 0 aliphatic carbocycles. The zero-order valence-electron chi connectivity index (χ0n) is 11.7. The summed E-state index contributed by atoms with van der Waals surface area (Å²) in [6.07, 6.45) is 7.73. The second-order valence-corrected chi connectivity index (χ2v) is 5.15. The van der Waals surface area contributed by atoms with Gasteiger partial charge < -0.3 is 14.7 Å². The Labute approximate surface area is 118 Å². The second kappa shape index (κ2) is 6.63. The van der Waals surface area contributed by atoms with Crippen LogP contribution in [0.15, 0.2) is 30.6 Å². The molecular formula is C15H20N2O3. The predicted molar refractivity (Wildman–Crippen MR) is 75.9 cm³/mol. The summed E-state index contributed by atoms with van der Waals surface area (Å²) in [7, 11) is 1.70. The van der Waals surface area contributed by atoms with Gasteiger partial charge in [0.2, 0.25) is 5.91 Å². The fraction of sp³-hybridized carbons (Fsp3) is 0.467. The highest BCUT2D eigenvalue weighted by Gasteiger charge is 2.31. The first-order valence-corrected chi connectivity index (χ1v) is 6.72. The maximum absolute atomic E-state index is 12.0. The third kappa shape index (κ3) is 4.15. The number of aromatic nitrogens is 1. The van der Waals surface area contributed by atoms with E-state index < -0.39 is 5.60 Å². The van der Waals surface area contributed by atoms with E-state index in [2.05, 4.69) is 4.98 Å². The summed E-state index contributed by atoms with van der Waals surface area (Å²) in [4.78, 5) is 17.5. The second-order valence-electron chi connectivity index (χ2n) is 5.15. The molecule has 2 heterocycles. The van der Waals surface area contributed by atoms with Crippen molar-refractivity contribution in [3.05, 3.63) is 36.2 Å². The minimum Gasteiger partial charge on any atom is -0.388 e. The average Bonchev–Trinajstić information content (AvgIpc) is 2.46. The van der Waals surface area contributed by atoms with E-state index in [4.69, 9.17) is 4.74 Å². The van der Waals surface area contributed by atoms with Crippen LogP contribution in [-0.2, 0) is 9.53 Å². The van der Waals surface area contributed by atoms with Gasteiger partial charge in [-0.2, -0.15) is 0 Å². The van der Waals surface area contributed by atoms with Gasteiger partial charge in [-0.1, -0.05) is 6.07 Å². The first kappa shape index (κ1) is 14.7. The fourth-order valence-corrected chi connectivity index (χ4v) is 2.20. The van der Waals surface area contributed by atoms with Crippen molar-refractivity contribution in [3.63, 3.8) is 0 Å². The van der Waals surface area contributed by atoms with Gasteiger partial charge in [-0.3, -0.25) is 9.78 Å². The molecule has 108 valence electrons. The van der Waals surface area contributed by atoms with Gasteiger partial charge in [0, 0.05) is 58.1 Å². The van der Waals surface area contributed by atoms with E-state index in [1.807, 2.05) is 12.1 Å². The molecule has 1 fully saturated rings. The van der Waals surface area contributed by atoms with Crippen molar-refractivity contribution in [2.75, 3.05) is 26.8 Å². The van der Waals surface area contributed by atoms with Crippen LogP contribution in [0.25, 0.3) is 6.08 Å². The average molecular weight is 276 g/mol. The Morgan fingerprint density at radius 1 is 1.55 bits per heavy atom. The van der Waals surface area contributed by atoms with Crippen molar-refractivity contribution in [1.29, 1.82) is 0 Å². The standard InChI is InChI=1S/C15H20N2O3/c1-17(12-15(19)6-9-20-10-7-15)14(18)5-4-13-3-2-8-16-11-13/h2-5,8,11,19H,6-7,9-10,12H2,1H3/b5-4+. The molecule has 0 aromatic carbocycles. The third-order valence-corrected chi connectivity index (χ3v) is 3.43. The molecule has 1 aromatic heterocycles. The van der Waals surface area contributed by atoms with E-state index in [-0.39, 0.29) is 5.91 Å². The van der Waals surface area contributed by atoms with Crippen molar-refractivity contribution in [2.45, 2.75) is 18.4 Å². The van der Waals surface area contributed by atoms with E-state index in [0.717, 1.165) is 5.56 Å². The van der Waals surface area contributed by atoms with Crippen LogP contribution in [0.3, 0.4) is 0 Å².